The Bertz CT molecular complexity index is 132. The second kappa shape index (κ2) is 3.40. The molecule has 0 bridgehead atoms. The van der Waals surface area contributed by atoms with Gasteiger partial charge in [0.05, 0.1) is 17.4 Å². The van der Waals surface area contributed by atoms with Crippen LogP contribution in [-0.2, 0) is 4.79 Å². The quantitative estimate of drug-likeness (QED) is 0.410. The van der Waals surface area contributed by atoms with E-state index in [1.54, 1.807) is 0 Å². The van der Waals surface area contributed by atoms with Gasteiger partial charge in [0.15, 0.2) is 0 Å². The first-order valence-electron chi connectivity index (χ1n) is 2.31. The lowest BCUT2D eigenvalue weighted by Gasteiger charge is -2.02. The van der Waals surface area contributed by atoms with Crippen molar-refractivity contribution in [3.8, 4) is 0 Å². The van der Waals surface area contributed by atoms with Crippen LogP contribution in [0, 0.1) is 0 Å². The zero-order chi connectivity index (χ0) is 7.44. The maximum Gasteiger partial charge on any atom is 0.304 e. The van der Waals surface area contributed by atoms with Crippen LogP contribution in [0.4, 0.5) is 0 Å². The maximum absolute atomic E-state index is 9.91. The Labute approximate surface area is 58.4 Å². The van der Waals surface area contributed by atoms with E-state index in [1.165, 1.54) is 0 Å². The lowest BCUT2D eigenvalue weighted by atomic mass is 10.3. The number of carbonyl (C=O) groups is 1. The van der Waals surface area contributed by atoms with Crippen molar-refractivity contribution in [1.29, 1.82) is 0 Å². The van der Waals surface area contributed by atoms with Gasteiger partial charge in [0.2, 0.25) is 0 Å². The molecule has 3 nitrogen and oxygen atoms in total. The van der Waals surface area contributed by atoms with Crippen molar-refractivity contribution in [2.45, 2.75) is 11.7 Å². The van der Waals surface area contributed by atoms with Crippen molar-refractivity contribution in [1.82, 2.24) is 0 Å². The van der Waals surface area contributed by atoms with E-state index >= 15 is 0 Å². The fourth-order valence-corrected chi connectivity index (χ4v) is 0.439. The third kappa shape index (κ3) is 3.90. The predicted octanol–water partition coefficient (Wildman–Crippen LogP) is 0.831. The van der Waals surface area contributed by atoms with E-state index in [1.807, 2.05) is 0 Å². The van der Waals surface area contributed by atoms with Gasteiger partial charge in [0.1, 0.15) is 0 Å². The topological polar surface area (TPSA) is 57.5 Å². The third-order valence-corrected chi connectivity index (χ3v) is 1.23. The fraction of sp³-hybridized carbons (Fsp3) is 0.400. The highest BCUT2D eigenvalue weighted by Gasteiger charge is 2.09. The van der Waals surface area contributed by atoms with Gasteiger partial charge >= 0.3 is 5.97 Å². The molecular formula is C5H8O3S. The summed E-state index contributed by atoms with van der Waals surface area (Å²) >= 11 is 3.73. The molecule has 0 radical (unpaired) electrons. The number of aliphatic hydroxyl groups excluding tert-OH is 1. The molecule has 9 heavy (non-hydrogen) atoms. The molecule has 0 rings (SSSR count). The van der Waals surface area contributed by atoms with Crippen LogP contribution < -0.4 is 0 Å². The Kier molecular flexibility index (Phi) is 3.16. The molecule has 0 aromatic rings. The first-order chi connectivity index (χ1) is 4.04. The standard InChI is InChI=1S/C5H8O3S/c1-3(6)4(9)2-5(7)8/h4,6,9H,1-2H2,(H,7,8). The minimum Gasteiger partial charge on any atom is -0.512 e. The summed E-state index contributed by atoms with van der Waals surface area (Å²) < 4.78 is 0. The molecule has 0 spiro atoms. The largest absolute Gasteiger partial charge is 0.512 e. The molecular weight excluding hydrogens is 140 g/mol. The molecule has 0 aliphatic heterocycles. The second-order valence-electron chi connectivity index (χ2n) is 1.60. The van der Waals surface area contributed by atoms with Gasteiger partial charge < -0.3 is 10.2 Å². The number of carboxylic acid groups (broad SMARTS) is 1. The molecule has 0 aromatic carbocycles. The summed E-state index contributed by atoms with van der Waals surface area (Å²) in [5.74, 6) is -1.20. The summed E-state index contributed by atoms with van der Waals surface area (Å²) in [5.41, 5.74) is 0. The SMILES string of the molecule is C=C(O)C(S)CC(=O)O. The number of hydrogen-bond acceptors (Lipinski definition) is 3. The summed E-state index contributed by atoms with van der Waals surface area (Å²) in [7, 11) is 0. The highest BCUT2D eigenvalue weighted by molar-refractivity contribution is 7.81. The zero-order valence-corrected chi connectivity index (χ0v) is 5.64. The van der Waals surface area contributed by atoms with Gasteiger partial charge in [-0.2, -0.15) is 12.6 Å². The number of aliphatic hydroxyl groups is 1. The molecule has 0 saturated carbocycles. The molecule has 4 heteroatoms. The highest BCUT2D eigenvalue weighted by Crippen LogP contribution is 2.07. The van der Waals surface area contributed by atoms with Crippen molar-refractivity contribution in [2.24, 2.45) is 0 Å². The number of hydrogen-bond donors (Lipinski definition) is 3. The van der Waals surface area contributed by atoms with Gasteiger partial charge in [-0.05, 0) is 0 Å². The molecule has 0 aliphatic rings. The molecule has 0 fully saturated rings. The van der Waals surface area contributed by atoms with Crippen LogP contribution in [0.15, 0.2) is 12.3 Å². The van der Waals surface area contributed by atoms with Crippen LogP contribution in [0.2, 0.25) is 0 Å². The molecule has 0 heterocycles. The number of aliphatic carboxylic acids is 1. The average Bonchev–Trinajstić information content (AvgIpc) is 1.63. The Balaban J connectivity index is 3.63. The lowest BCUT2D eigenvalue weighted by molar-refractivity contribution is -0.136. The minimum atomic E-state index is -0.995. The Morgan fingerprint density at radius 2 is 2.11 bits per heavy atom. The van der Waals surface area contributed by atoms with Crippen LogP contribution in [0.25, 0.3) is 0 Å². The summed E-state index contributed by atoms with van der Waals surface area (Å²) in [6.07, 6.45) is -0.196. The smallest absolute Gasteiger partial charge is 0.304 e. The Hall–Kier alpha value is -0.640. The molecule has 0 amide bonds. The second-order valence-corrected chi connectivity index (χ2v) is 2.23. The van der Waals surface area contributed by atoms with E-state index in [0.29, 0.717) is 0 Å². The van der Waals surface area contributed by atoms with Gasteiger partial charge in [0, 0.05) is 0 Å². The van der Waals surface area contributed by atoms with E-state index in [9.17, 15) is 4.79 Å². The van der Waals surface area contributed by atoms with Crippen molar-refractivity contribution in [3.63, 3.8) is 0 Å². The van der Waals surface area contributed by atoms with Crippen LogP contribution in [-0.4, -0.2) is 21.4 Å². The van der Waals surface area contributed by atoms with Crippen LogP contribution in [0.1, 0.15) is 6.42 Å². The van der Waals surface area contributed by atoms with Crippen molar-refractivity contribution in [3.05, 3.63) is 12.3 Å². The molecule has 0 aliphatic carbocycles. The summed E-state index contributed by atoms with van der Waals surface area (Å²) in [6.45, 7) is 3.12. The van der Waals surface area contributed by atoms with Crippen molar-refractivity contribution < 1.29 is 15.0 Å². The van der Waals surface area contributed by atoms with Gasteiger partial charge in [-0.3, -0.25) is 4.79 Å². The first kappa shape index (κ1) is 8.36. The number of rotatable bonds is 3. The zero-order valence-electron chi connectivity index (χ0n) is 4.74. The molecule has 2 N–H and O–H groups in total. The van der Waals surface area contributed by atoms with E-state index in [2.05, 4.69) is 19.2 Å². The van der Waals surface area contributed by atoms with Crippen LogP contribution in [0.3, 0.4) is 0 Å². The third-order valence-electron chi connectivity index (χ3n) is 0.753. The van der Waals surface area contributed by atoms with E-state index in [0.717, 1.165) is 0 Å². The first-order valence-corrected chi connectivity index (χ1v) is 2.83. The van der Waals surface area contributed by atoms with Gasteiger partial charge in [-0.25, -0.2) is 0 Å². The highest BCUT2D eigenvalue weighted by atomic mass is 32.1. The van der Waals surface area contributed by atoms with Crippen LogP contribution >= 0.6 is 12.6 Å². The Morgan fingerprint density at radius 3 is 2.22 bits per heavy atom. The molecule has 1 unspecified atom stereocenters. The molecule has 0 aromatic heterocycles. The number of thiol groups is 1. The lowest BCUT2D eigenvalue weighted by Crippen LogP contribution is -2.08. The summed E-state index contributed by atoms with van der Waals surface area (Å²) in [4.78, 5) is 9.91. The minimum absolute atomic E-state index is 0.196. The summed E-state index contributed by atoms with van der Waals surface area (Å²) in [5, 5.41) is 16.0. The van der Waals surface area contributed by atoms with E-state index in [-0.39, 0.29) is 12.2 Å². The monoisotopic (exact) mass is 148 g/mol. The van der Waals surface area contributed by atoms with E-state index in [4.69, 9.17) is 10.2 Å². The average molecular weight is 148 g/mol. The van der Waals surface area contributed by atoms with Gasteiger partial charge in [-0.15, -0.1) is 0 Å². The molecule has 1 atom stereocenters. The fourth-order valence-electron chi connectivity index (χ4n) is 0.283. The van der Waals surface area contributed by atoms with E-state index < -0.39 is 11.2 Å². The normalized spacial score (nSPS) is 12.6. The predicted molar refractivity (Wildman–Crippen MR) is 36.8 cm³/mol. The Morgan fingerprint density at radius 1 is 1.67 bits per heavy atom. The summed E-state index contributed by atoms with van der Waals surface area (Å²) in [6, 6.07) is 0. The number of carboxylic acids is 1. The molecule has 52 valence electrons. The molecule has 0 saturated heterocycles. The van der Waals surface area contributed by atoms with Gasteiger partial charge in [-0.1, -0.05) is 6.58 Å². The van der Waals surface area contributed by atoms with Crippen LogP contribution in [0.5, 0.6) is 0 Å². The van der Waals surface area contributed by atoms with Crippen molar-refractivity contribution >= 4 is 18.6 Å². The van der Waals surface area contributed by atoms with Gasteiger partial charge in [0.25, 0.3) is 0 Å². The van der Waals surface area contributed by atoms with Crippen molar-refractivity contribution in [2.75, 3.05) is 0 Å². The maximum atomic E-state index is 9.91.